The Bertz CT molecular complexity index is 897. The van der Waals surface area contributed by atoms with Gasteiger partial charge >= 0.3 is 0 Å². The number of benzene rings is 1. The first-order valence-corrected chi connectivity index (χ1v) is 7.59. The lowest BCUT2D eigenvalue weighted by Crippen LogP contribution is -1.99. The average Bonchev–Trinajstić information content (AvgIpc) is 3.24. The van der Waals surface area contributed by atoms with Crippen molar-refractivity contribution in [1.82, 2.24) is 15.2 Å². The summed E-state index contributed by atoms with van der Waals surface area (Å²) in [6.45, 7) is 0.289. The zero-order chi connectivity index (χ0) is 14.8. The van der Waals surface area contributed by atoms with Crippen LogP contribution in [0.4, 0.5) is 0 Å². The van der Waals surface area contributed by atoms with Gasteiger partial charge in [-0.2, -0.15) is 5.10 Å². The van der Waals surface area contributed by atoms with Crippen LogP contribution in [0.2, 0.25) is 0 Å². The lowest BCUT2D eigenvalue weighted by atomic mass is 10.2. The second-order valence-corrected chi connectivity index (χ2v) is 5.59. The summed E-state index contributed by atoms with van der Waals surface area (Å²) in [6.07, 6.45) is 3.32. The molecule has 22 heavy (non-hydrogen) atoms. The highest BCUT2D eigenvalue weighted by molar-refractivity contribution is 7.13. The zero-order valence-electron chi connectivity index (χ0n) is 11.5. The molecular weight excluding hydrogens is 298 g/mol. The minimum absolute atomic E-state index is 0.289. The molecule has 3 heterocycles. The number of hydrogen-bond donors (Lipinski definition) is 0. The quantitative estimate of drug-likeness (QED) is 0.571. The molecule has 0 aliphatic carbocycles. The number of aromatic nitrogens is 3. The number of hydrogen-bond acceptors (Lipinski definition) is 6. The van der Waals surface area contributed by atoms with Gasteiger partial charge in [-0.15, -0.1) is 16.4 Å². The predicted octanol–water partition coefficient (Wildman–Crippen LogP) is 3.93. The molecule has 1 aromatic carbocycles. The van der Waals surface area contributed by atoms with E-state index in [0.717, 1.165) is 21.3 Å². The summed E-state index contributed by atoms with van der Waals surface area (Å²) in [7, 11) is 0. The first-order chi connectivity index (χ1) is 10.9. The monoisotopic (exact) mass is 309 g/mol. The molecule has 108 valence electrons. The van der Waals surface area contributed by atoms with E-state index in [1.807, 2.05) is 41.8 Å². The standard InChI is InChI=1S/C16H11N3O2S/c1-2-5-13-11(4-1)8-17-19-15(13)20-9-12-10-21-16(18-12)14-6-3-7-22-14/h1-8,10H,9H2. The Kier molecular flexibility index (Phi) is 3.29. The third-order valence-electron chi connectivity index (χ3n) is 3.18. The van der Waals surface area contributed by atoms with Crippen LogP contribution in [0.1, 0.15) is 5.69 Å². The summed E-state index contributed by atoms with van der Waals surface area (Å²) in [6, 6.07) is 11.8. The largest absolute Gasteiger partial charge is 0.470 e. The fourth-order valence-corrected chi connectivity index (χ4v) is 2.79. The lowest BCUT2D eigenvalue weighted by Gasteiger charge is -2.05. The Hall–Kier alpha value is -2.73. The van der Waals surface area contributed by atoms with E-state index in [1.54, 1.807) is 23.8 Å². The van der Waals surface area contributed by atoms with Crippen molar-refractivity contribution < 1.29 is 9.15 Å². The smallest absolute Gasteiger partial charge is 0.241 e. The van der Waals surface area contributed by atoms with Gasteiger partial charge in [0.1, 0.15) is 18.6 Å². The Labute approximate surface area is 130 Å². The Morgan fingerprint density at radius 1 is 1.14 bits per heavy atom. The molecule has 6 heteroatoms. The summed E-state index contributed by atoms with van der Waals surface area (Å²) in [5, 5.41) is 11.9. The molecule has 5 nitrogen and oxygen atoms in total. The highest BCUT2D eigenvalue weighted by Gasteiger charge is 2.09. The average molecular weight is 309 g/mol. The molecule has 0 saturated carbocycles. The van der Waals surface area contributed by atoms with Crippen molar-refractivity contribution in [2.75, 3.05) is 0 Å². The molecule has 4 aromatic rings. The highest BCUT2D eigenvalue weighted by atomic mass is 32.1. The number of thiophene rings is 1. The van der Waals surface area contributed by atoms with Crippen LogP contribution in [-0.2, 0) is 6.61 Å². The molecule has 0 saturated heterocycles. The number of fused-ring (bicyclic) bond motifs is 1. The predicted molar refractivity (Wildman–Crippen MR) is 83.7 cm³/mol. The summed E-state index contributed by atoms with van der Waals surface area (Å²) in [4.78, 5) is 5.41. The van der Waals surface area contributed by atoms with Gasteiger partial charge in [0.25, 0.3) is 0 Å². The molecule has 3 aromatic heterocycles. The molecule has 0 fully saturated rings. The Balaban J connectivity index is 1.55. The van der Waals surface area contributed by atoms with Gasteiger partial charge in [0.2, 0.25) is 11.8 Å². The molecule has 0 aliphatic rings. The molecule has 0 N–H and O–H groups in total. The van der Waals surface area contributed by atoms with Crippen LogP contribution in [0.5, 0.6) is 5.88 Å². The zero-order valence-corrected chi connectivity index (χ0v) is 12.3. The van der Waals surface area contributed by atoms with Gasteiger partial charge in [-0.3, -0.25) is 0 Å². The van der Waals surface area contributed by atoms with Crippen molar-refractivity contribution in [1.29, 1.82) is 0 Å². The summed E-state index contributed by atoms with van der Waals surface area (Å²) in [5.41, 5.74) is 0.720. The molecule has 0 amide bonds. The van der Waals surface area contributed by atoms with Gasteiger partial charge in [-0.1, -0.05) is 24.3 Å². The minimum atomic E-state index is 0.289. The van der Waals surface area contributed by atoms with E-state index in [1.165, 1.54) is 0 Å². The molecular formula is C16H11N3O2S. The molecule has 0 radical (unpaired) electrons. The SMILES string of the molecule is c1csc(-c2nc(COc3nncc4ccccc34)co2)c1. The van der Waals surface area contributed by atoms with Crippen LogP contribution in [0.3, 0.4) is 0 Å². The van der Waals surface area contributed by atoms with Crippen LogP contribution in [-0.4, -0.2) is 15.2 Å². The fraction of sp³-hybridized carbons (Fsp3) is 0.0625. The van der Waals surface area contributed by atoms with Gasteiger partial charge in [0, 0.05) is 10.8 Å². The normalized spacial score (nSPS) is 10.9. The molecule has 4 rings (SSSR count). The summed E-state index contributed by atoms with van der Waals surface area (Å²) < 4.78 is 11.2. The highest BCUT2D eigenvalue weighted by Crippen LogP contribution is 2.25. The van der Waals surface area contributed by atoms with Crippen LogP contribution in [0.15, 0.2) is 58.7 Å². The molecule has 0 unspecified atom stereocenters. The van der Waals surface area contributed by atoms with Crippen molar-refractivity contribution in [3.05, 3.63) is 59.9 Å². The maximum Gasteiger partial charge on any atom is 0.241 e. The third-order valence-corrected chi connectivity index (χ3v) is 4.03. The lowest BCUT2D eigenvalue weighted by molar-refractivity contribution is 0.289. The van der Waals surface area contributed by atoms with Gasteiger partial charge < -0.3 is 9.15 Å². The van der Waals surface area contributed by atoms with E-state index in [2.05, 4.69) is 15.2 Å². The Morgan fingerprint density at radius 3 is 3.00 bits per heavy atom. The molecule has 0 spiro atoms. The van der Waals surface area contributed by atoms with Gasteiger partial charge in [0.05, 0.1) is 11.1 Å². The van der Waals surface area contributed by atoms with Crippen molar-refractivity contribution in [2.45, 2.75) is 6.61 Å². The van der Waals surface area contributed by atoms with Gasteiger partial charge in [-0.05, 0) is 17.5 Å². The fourth-order valence-electron chi connectivity index (χ4n) is 2.14. The molecule has 0 atom stereocenters. The van der Waals surface area contributed by atoms with Crippen LogP contribution in [0, 0.1) is 0 Å². The topological polar surface area (TPSA) is 61.0 Å². The van der Waals surface area contributed by atoms with Crippen LogP contribution in [0.25, 0.3) is 21.5 Å². The number of nitrogens with zero attached hydrogens (tertiary/aromatic N) is 3. The summed E-state index contributed by atoms with van der Waals surface area (Å²) in [5.74, 6) is 1.11. The van der Waals surface area contributed by atoms with Crippen LogP contribution < -0.4 is 4.74 Å². The van der Waals surface area contributed by atoms with Gasteiger partial charge in [-0.25, -0.2) is 4.98 Å². The minimum Gasteiger partial charge on any atom is -0.470 e. The van der Waals surface area contributed by atoms with E-state index in [9.17, 15) is 0 Å². The third kappa shape index (κ3) is 2.44. The Morgan fingerprint density at radius 2 is 2.09 bits per heavy atom. The van der Waals surface area contributed by atoms with Crippen LogP contribution >= 0.6 is 11.3 Å². The van der Waals surface area contributed by atoms with E-state index in [0.29, 0.717) is 11.8 Å². The maximum atomic E-state index is 5.74. The maximum absolute atomic E-state index is 5.74. The van der Waals surface area contributed by atoms with Crippen molar-refractivity contribution in [2.24, 2.45) is 0 Å². The molecule has 0 bridgehead atoms. The van der Waals surface area contributed by atoms with Crippen molar-refractivity contribution >= 4 is 22.1 Å². The van der Waals surface area contributed by atoms with E-state index in [-0.39, 0.29) is 6.61 Å². The van der Waals surface area contributed by atoms with Crippen molar-refractivity contribution in [3.8, 4) is 16.6 Å². The number of oxazole rings is 1. The van der Waals surface area contributed by atoms with E-state index < -0.39 is 0 Å². The second kappa shape index (κ2) is 5.57. The van der Waals surface area contributed by atoms with Crippen molar-refractivity contribution in [3.63, 3.8) is 0 Å². The second-order valence-electron chi connectivity index (χ2n) is 4.65. The van der Waals surface area contributed by atoms with Gasteiger partial charge in [0.15, 0.2) is 0 Å². The number of rotatable bonds is 4. The van der Waals surface area contributed by atoms with E-state index >= 15 is 0 Å². The first kappa shape index (κ1) is 13.0. The first-order valence-electron chi connectivity index (χ1n) is 6.72. The number of ether oxygens (including phenoxy) is 1. The molecule has 0 aliphatic heterocycles. The summed E-state index contributed by atoms with van der Waals surface area (Å²) >= 11 is 1.59. The van der Waals surface area contributed by atoms with E-state index in [4.69, 9.17) is 9.15 Å².